The third kappa shape index (κ3) is 2.66. The summed E-state index contributed by atoms with van der Waals surface area (Å²) >= 11 is 0. The Morgan fingerprint density at radius 1 is 1.25 bits per heavy atom. The maximum absolute atomic E-state index is 5.95. The van der Waals surface area contributed by atoms with Crippen molar-refractivity contribution in [3.05, 3.63) is 29.8 Å². The second-order valence-electron chi connectivity index (χ2n) is 5.27. The molecule has 1 atom stereocenters. The van der Waals surface area contributed by atoms with Gasteiger partial charge in [0.15, 0.2) is 0 Å². The summed E-state index contributed by atoms with van der Waals surface area (Å²) < 4.78 is 11.8. The minimum absolute atomic E-state index is 0.104. The van der Waals surface area contributed by atoms with Gasteiger partial charge in [0.25, 0.3) is 0 Å². The lowest BCUT2D eigenvalue weighted by atomic mass is 9.75. The predicted octanol–water partition coefficient (Wildman–Crippen LogP) is 2.29. The maximum Gasteiger partial charge on any atom is 0.494 e. The molecule has 0 spiro atoms. The molecule has 0 bridgehead atoms. The third-order valence-corrected chi connectivity index (χ3v) is 2.91. The van der Waals surface area contributed by atoms with E-state index >= 15 is 0 Å². The highest BCUT2D eigenvalue weighted by Crippen LogP contribution is 2.25. The topological polar surface area (TPSA) is 18.5 Å². The fraction of sp³-hybridized carbons (Fsp3) is 0.538. The molecule has 1 aliphatic rings. The van der Waals surface area contributed by atoms with Gasteiger partial charge in [0.2, 0.25) is 0 Å². The number of hydrogen-bond acceptors (Lipinski definition) is 2. The quantitative estimate of drug-likeness (QED) is 0.673. The Morgan fingerprint density at radius 2 is 1.88 bits per heavy atom. The van der Waals surface area contributed by atoms with Crippen LogP contribution in [0.2, 0.25) is 0 Å². The van der Waals surface area contributed by atoms with Gasteiger partial charge in [-0.05, 0) is 39.6 Å². The second-order valence-corrected chi connectivity index (χ2v) is 5.27. The van der Waals surface area contributed by atoms with Gasteiger partial charge in [0.1, 0.15) is 0 Å². The van der Waals surface area contributed by atoms with E-state index < -0.39 is 0 Å². The normalized spacial score (nSPS) is 24.5. The Labute approximate surface area is 98.1 Å². The molecule has 0 unspecified atom stereocenters. The van der Waals surface area contributed by atoms with Crippen LogP contribution < -0.4 is 5.46 Å². The highest BCUT2D eigenvalue weighted by molar-refractivity contribution is 6.61. The van der Waals surface area contributed by atoms with Gasteiger partial charge in [-0.1, -0.05) is 29.8 Å². The summed E-state index contributed by atoms with van der Waals surface area (Å²) in [5.41, 5.74) is 2.25. The SMILES string of the molecule is Cc1ccc(B2O[C@@H](C)CC(C)(C)O2)cc1. The molecule has 0 aliphatic carbocycles. The molecule has 3 heteroatoms. The monoisotopic (exact) mass is 218 g/mol. The number of rotatable bonds is 1. The molecule has 1 saturated heterocycles. The molecule has 1 aliphatic heterocycles. The molecule has 2 nitrogen and oxygen atoms in total. The molecular weight excluding hydrogens is 199 g/mol. The minimum Gasteiger partial charge on any atom is -0.405 e. The van der Waals surface area contributed by atoms with E-state index in [2.05, 4.69) is 52.0 Å². The van der Waals surface area contributed by atoms with Crippen molar-refractivity contribution in [2.75, 3.05) is 0 Å². The molecule has 1 aromatic rings. The van der Waals surface area contributed by atoms with E-state index in [1.165, 1.54) is 5.56 Å². The Hall–Kier alpha value is -0.795. The van der Waals surface area contributed by atoms with Crippen LogP contribution in [-0.4, -0.2) is 18.8 Å². The molecule has 0 radical (unpaired) electrons. The first kappa shape index (κ1) is 11.7. The van der Waals surface area contributed by atoms with Crippen LogP contribution in [0.5, 0.6) is 0 Å². The zero-order valence-electron chi connectivity index (χ0n) is 10.5. The van der Waals surface area contributed by atoms with Gasteiger partial charge < -0.3 is 9.31 Å². The van der Waals surface area contributed by atoms with Gasteiger partial charge in [-0.15, -0.1) is 0 Å². The molecule has 2 rings (SSSR count). The van der Waals surface area contributed by atoms with Crippen molar-refractivity contribution in [2.45, 2.75) is 45.8 Å². The van der Waals surface area contributed by atoms with Crippen molar-refractivity contribution in [1.29, 1.82) is 0 Å². The first-order valence-electron chi connectivity index (χ1n) is 5.86. The summed E-state index contributed by atoms with van der Waals surface area (Å²) in [5.74, 6) is 0. The van der Waals surface area contributed by atoms with Gasteiger partial charge in [0, 0.05) is 6.10 Å². The highest BCUT2D eigenvalue weighted by atomic mass is 16.6. The van der Waals surface area contributed by atoms with Crippen LogP contribution in [0, 0.1) is 6.92 Å². The minimum atomic E-state index is -0.223. The standard InChI is InChI=1S/C13H19BO2/c1-10-5-7-12(8-6-10)14-15-11(2)9-13(3,4)16-14/h5-8,11H,9H2,1-4H3/t11-/m0/s1. The zero-order valence-corrected chi connectivity index (χ0v) is 10.5. The van der Waals surface area contributed by atoms with Crippen molar-refractivity contribution < 1.29 is 9.31 Å². The summed E-state index contributed by atoms with van der Waals surface area (Å²) in [6, 6.07) is 8.34. The average Bonchev–Trinajstić information content (AvgIpc) is 2.15. The molecule has 1 heterocycles. The van der Waals surface area contributed by atoms with Crippen molar-refractivity contribution in [3.8, 4) is 0 Å². The third-order valence-electron chi connectivity index (χ3n) is 2.91. The summed E-state index contributed by atoms with van der Waals surface area (Å²) in [6.45, 7) is 8.42. The number of benzene rings is 1. The summed E-state index contributed by atoms with van der Waals surface area (Å²) in [7, 11) is -0.223. The van der Waals surface area contributed by atoms with Crippen molar-refractivity contribution >= 4 is 12.6 Å². The van der Waals surface area contributed by atoms with Crippen LogP contribution in [0.1, 0.15) is 32.8 Å². The smallest absolute Gasteiger partial charge is 0.405 e. The first-order chi connectivity index (χ1) is 7.46. The zero-order chi connectivity index (χ0) is 11.8. The maximum atomic E-state index is 5.95. The van der Waals surface area contributed by atoms with Gasteiger partial charge in [-0.2, -0.15) is 0 Å². The van der Waals surface area contributed by atoms with Crippen LogP contribution in [-0.2, 0) is 9.31 Å². The van der Waals surface area contributed by atoms with Gasteiger partial charge in [-0.3, -0.25) is 0 Å². The van der Waals surface area contributed by atoms with E-state index in [4.69, 9.17) is 9.31 Å². The predicted molar refractivity (Wildman–Crippen MR) is 66.9 cm³/mol. The molecule has 16 heavy (non-hydrogen) atoms. The Bertz CT molecular complexity index is 359. The van der Waals surface area contributed by atoms with Crippen LogP contribution in [0.25, 0.3) is 0 Å². The van der Waals surface area contributed by atoms with E-state index in [-0.39, 0.29) is 18.8 Å². The lowest BCUT2D eigenvalue weighted by molar-refractivity contribution is -0.0229. The molecule has 0 aromatic heterocycles. The molecule has 86 valence electrons. The average molecular weight is 218 g/mol. The van der Waals surface area contributed by atoms with Gasteiger partial charge in [-0.25, -0.2) is 0 Å². The summed E-state index contributed by atoms with van der Waals surface area (Å²) in [4.78, 5) is 0. The first-order valence-corrected chi connectivity index (χ1v) is 5.86. The molecule has 0 N–H and O–H groups in total. The van der Waals surface area contributed by atoms with Gasteiger partial charge >= 0.3 is 7.12 Å². The molecule has 1 fully saturated rings. The lowest BCUT2D eigenvalue weighted by Gasteiger charge is -2.38. The molecule has 1 aromatic carbocycles. The number of hydrogen-bond donors (Lipinski definition) is 0. The van der Waals surface area contributed by atoms with Crippen LogP contribution in [0.15, 0.2) is 24.3 Å². The van der Waals surface area contributed by atoms with Crippen molar-refractivity contribution in [3.63, 3.8) is 0 Å². The van der Waals surface area contributed by atoms with Crippen molar-refractivity contribution in [1.82, 2.24) is 0 Å². The lowest BCUT2D eigenvalue weighted by Crippen LogP contribution is -2.51. The van der Waals surface area contributed by atoms with Crippen molar-refractivity contribution in [2.24, 2.45) is 0 Å². The highest BCUT2D eigenvalue weighted by Gasteiger charge is 2.37. The van der Waals surface area contributed by atoms with E-state index in [9.17, 15) is 0 Å². The van der Waals surface area contributed by atoms with E-state index in [1.54, 1.807) is 0 Å². The summed E-state index contributed by atoms with van der Waals surface area (Å²) in [6.07, 6.45) is 1.19. The summed E-state index contributed by atoms with van der Waals surface area (Å²) in [5, 5.41) is 0. The number of aryl methyl sites for hydroxylation is 1. The van der Waals surface area contributed by atoms with E-state index in [0.717, 1.165) is 11.9 Å². The molecular formula is C13H19BO2. The van der Waals surface area contributed by atoms with Crippen LogP contribution >= 0.6 is 0 Å². The Balaban J connectivity index is 2.17. The Kier molecular flexibility index (Phi) is 3.09. The Morgan fingerprint density at radius 3 is 2.44 bits per heavy atom. The van der Waals surface area contributed by atoms with Crippen LogP contribution in [0.3, 0.4) is 0 Å². The second kappa shape index (κ2) is 4.23. The molecule has 0 amide bonds. The molecule has 0 saturated carbocycles. The fourth-order valence-corrected chi connectivity index (χ4v) is 2.19. The van der Waals surface area contributed by atoms with E-state index in [1.807, 2.05) is 0 Å². The van der Waals surface area contributed by atoms with Gasteiger partial charge in [0.05, 0.1) is 5.60 Å². The van der Waals surface area contributed by atoms with E-state index in [0.29, 0.717) is 0 Å². The fourth-order valence-electron chi connectivity index (χ4n) is 2.19. The van der Waals surface area contributed by atoms with Crippen LogP contribution in [0.4, 0.5) is 0 Å². The largest absolute Gasteiger partial charge is 0.494 e.